The number of hydrogen-bond acceptors (Lipinski definition) is 15. The van der Waals surface area contributed by atoms with E-state index < -0.39 is 98.4 Å². The fourth-order valence-electron chi connectivity index (χ4n) is 5.26. The van der Waals surface area contributed by atoms with Gasteiger partial charge in [-0.1, -0.05) is 0 Å². The summed E-state index contributed by atoms with van der Waals surface area (Å²) in [5.74, 6) is 0. The SMILES string of the molecule is CNC1C(O[C@H]2OC(CO)[C@@H](N)C(O)C2O)O[C@H]2CC(N)[C@@H](O[C@H]3C(N)C=C(N)CC3N)OC2C1O. The van der Waals surface area contributed by atoms with Crippen molar-refractivity contribution in [1.82, 2.24) is 5.32 Å². The molecule has 10 unspecified atom stereocenters. The van der Waals surface area contributed by atoms with Gasteiger partial charge in [0.25, 0.3) is 0 Å². The number of aliphatic hydroxyl groups is 4. The molecule has 36 heavy (non-hydrogen) atoms. The van der Waals surface area contributed by atoms with Crippen LogP contribution in [0.3, 0.4) is 0 Å². The number of fused-ring (bicyclic) bond motifs is 1. The van der Waals surface area contributed by atoms with Gasteiger partial charge in [-0.2, -0.15) is 0 Å². The number of aliphatic hydroxyl groups excluding tert-OH is 4. The van der Waals surface area contributed by atoms with Gasteiger partial charge in [0.15, 0.2) is 18.9 Å². The zero-order valence-corrected chi connectivity index (χ0v) is 20.1. The maximum atomic E-state index is 11.1. The minimum atomic E-state index is -1.51. The van der Waals surface area contributed by atoms with Crippen LogP contribution in [0.4, 0.5) is 0 Å². The fraction of sp³-hybridized carbons (Fsp3) is 0.905. The van der Waals surface area contributed by atoms with E-state index in [0.29, 0.717) is 12.1 Å². The van der Waals surface area contributed by atoms with E-state index in [-0.39, 0.29) is 6.42 Å². The van der Waals surface area contributed by atoms with Crippen molar-refractivity contribution in [3.8, 4) is 0 Å². The molecule has 15 nitrogen and oxygen atoms in total. The van der Waals surface area contributed by atoms with Crippen LogP contribution in [0, 0.1) is 0 Å². The number of nitrogens with one attached hydrogen (secondary N) is 1. The lowest BCUT2D eigenvalue weighted by Crippen LogP contribution is -2.70. The number of nitrogens with two attached hydrogens (primary N) is 5. The third-order valence-corrected chi connectivity index (χ3v) is 7.33. The number of rotatable bonds is 6. The summed E-state index contributed by atoms with van der Waals surface area (Å²) in [4.78, 5) is 0. The van der Waals surface area contributed by atoms with E-state index in [4.69, 9.17) is 52.4 Å². The highest BCUT2D eigenvalue weighted by Crippen LogP contribution is 2.35. The van der Waals surface area contributed by atoms with E-state index in [2.05, 4.69) is 5.32 Å². The van der Waals surface area contributed by atoms with Crippen molar-refractivity contribution in [2.45, 2.75) is 105 Å². The van der Waals surface area contributed by atoms with Crippen LogP contribution in [0.5, 0.6) is 0 Å². The molecule has 0 aromatic rings. The van der Waals surface area contributed by atoms with Crippen LogP contribution < -0.4 is 34.0 Å². The maximum Gasteiger partial charge on any atom is 0.189 e. The van der Waals surface area contributed by atoms with Gasteiger partial charge in [-0.05, 0) is 19.5 Å². The predicted octanol–water partition coefficient (Wildman–Crippen LogP) is -5.83. The highest BCUT2D eigenvalue weighted by atomic mass is 16.8. The molecule has 0 bridgehead atoms. The summed E-state index contributed by atoms with van der Waals surface area (Å²) in [6.45, 7) is -0.486. The van der Waals surface area contributed by atoms with Gasteiger partial charge in [0.05, 0.1) is 43.0 Å². The van der Waals surface area contributed by atoms with Gasteiger partial charge in [0.1, 0.15) is 30.5 Å². The number of ether oxygens (including phenoxy) is 5. The van der Waals surface area contributed by atoms with E-state index in [0.717, 1.165) is 0 Å². The van der Waals surface area contributed by atoms with Crippen LogP contribution in [0.2, 0.25) is 0 Å². The van der Waals surface area contributed by atoms with Gasteiger partial charge in [0, 0.05) is 18.2 Å². The first-order valence-corrected chi connectivity index (χ1v) is 12.1. The van der Waals surface area contributed by atoms with Gasteiger partial charge in [-0.15, -0.1) is 0 Å². The van der Waals surface area contributed by atoms with Crippen molar-refractivity contribution in [2.24, 2.45) is 28.7 Å². The lowest BCUT2D eigenvalue weighted by molar-refractivity contribution is -0.371. The average molecular weight is 521 g/mol. The first-order valence-electron chi connectivity index (χ1n) is 12.1. The molecule has 15 atom stereocenters. The summed E-state index contributed by atoms with van der Waals surface area (Å²) in [6, 6.07) is -3.44. The van der Waals surface area contributed by atoms with Gasteiger partial charge in [0.2, 0.25) is 0 Å². The lowest BCUT2D eigenvalue weighted by atomic mass is 9.89. The molecule has 0 radical (unpaired) electrons. The third-order valence-electron chi connectivity index (χ3n) is 7.33. The Morgan fingerprint density at radius 2 is 1.67 bits per heavy atom. The molecule has 0 spiro atoms. The van der Waals surface area contributed by atoms with Gasteiger partial charge in [-0.25, -0.2) is 0 Å². The lowest BCUT2D eigenvalue weighted by Gasteiger charge is -2.51. The molecule has 3 saturated heterocycles. The van der Waals surface area contributed by atoms with Crippen LogP contribution in [-0.4, -0.2) is 126 Å². The van der Waals surface area contributed by atoms with Crippen LogP contribution in [-0.2, 0) is 23.7 Å². The van der Waals surface area contributed by atoms with Crippen molar-refractivity contribution >= 4 is 0 Å². The van der Waals surface area contributed by atoms with Crippen LogP contribution in [0.15, 0.2) is 11.8 Å². The first-order chi connectivity index (χ1) is 17.0. The van der Waals surface area contributed by atoms with Crippen molar-refractivity contribution in [3.63, 3.8) is 0 Å². The molecular formula is C21H40N6O9. The van der Waals surface area contributed by atoms with Crippen molar-refractivity contribution in [1.29, 1.82) is 0 Å². The number of hydrogen-bond donors (Lipinski definition) is 10. The Balaban J connectivity index is 1.44. The maximum absolute atomic E-state index is 11.1. The summed E-state index contributed by atoms with van der Waals surface area (Å²) in [5.41, 5.74) is 30.9. The molecule has 4 rings (SSSR count). The molecule has 4 aliphatic rings. The molecule has 0 saturated carbocycles. The van der Waals surface area contributed by atoms with E-state index >= 15 is 0 Å². The van der Waals surface area contributed by atoms with Crippen LogP contribution >= 0.6 is 0 Å². The summed E-state index contributed by atoms with van der Waals surface area (Å²) in [7, 11) is 1.59. The molecule has 208 valence electrons. The Bertz CT molecular complexity index is 778. The summed E-state index contributed by atoms with van der Waals surface area (Å²) < 4.78 is 29.5. The molecule has 15 heteroatoms. The first kappa shape index (κ1) is 28.0. The fourth-order valence-corrected chi connectivity index (χ4v) is 5.26. The van der Waals surface area contributed by atoms with Crippen LogP contribution in [0.25, 0.3) is 0 Å². The Hall–Kier alpha value is -1.02. The highest BCUT2D eigenvalue weighted by molar-refractivity contribution is 5.14. The molecular weight excluding hydrogens is 480 g/mol. The third kappa shape index (κ3) is 5.41. The Labute approximate surface area is 208 Å². The molecule has 0 amide bonds. The van der Waals surface area contributed by atoms with E-state index in [1.165, 1.54) is 0 Å². The number of likely N-dealkylation sites (N-methyl/N-ethyl adjacent to an activating group) is 1. The van der Waals surface area contributed by atoms with Crippen LogP contribution in [0.1, 0.15) is 12.8 Å². The smallest absolute Gasteiger partial charge is 0.189 e. The molecule has 3 aliphatic heterocycles. The standard InChI is InChI=1S/C21H40N6O9/c1-27-13-15(30)18-10(32-20(13)36-21-16(31)14(29)12(26)11(5-28)33-21)4-9(25)19(35-18)34-17-7(23)2-6(22)3-8(17)24/h2,7-21,27-31H,3-5,22-26H2,1H3/t7?,8?,9?,10-,11?,12+,13?,14?,15?,16?,17-,18?,19-,20?,21+/m0/s1. The minimum Gasteiger partial charge on any atom is -0.402 e. The topological polar surface area (TPSA) is 269 Å². The largest absolute Gasteiger partial charge is 0.402 e. The second kappa shape index (κ2) is 11.4. The predicted molar refractivity (Wildman–Crippen MR) is 123 cm³/mol. The quantitative estimate of drug-likeness (QED) is 0.156. The van der Waals surface area contributed by atoms with E-state index in [1.807, 2.05) is 0 Å². The zero-order valence-electron chi connectivity index (χ0n) is 20.1. The van der Waals surface area contributed by atoms with E-state index in [1.54, 1.807) is 13.1 Å². The Morgan fingerprint density at radius 1 is 0.944 bits per heavy atom. The average Bonchev–Trinajstić information content (AvgIpc) is 2.82. The summed E-state index contributed by atoms with van der Waals surface area (Å²) in [5, 5.41) is 44.2. The second-order valence-corrected chi connectivity index (χ2v) is 9.92. The molecule has 1 aliphatic carbocycles. The monoisotopic (exact) mass is 520 g/mol. The molecule has 0 aromatic heterocycles. The molecule has 3 heterocycles. The van der Waals surface area contributed by atoms with Crippen molar-refractivity contribution in [3.05, 3.63) is 11.8 Å². The molecule has 15 N–H and O–H groups in total. The minimum absolute atomic E-state index is 0.249. The Morgan fingerprint density at radius 3 is 2.31 bits per heavy atom. The summed E-state index contributed by atoms with van der Waals surface area (Å²) in [6.07, 6.45) is -8.13. The highest BCUT2D eigenvalue weighted by Gasteiger charge is 2.53. The van der Waals surface area contributed by atoms with Crippen molar-refractivity contribution < 1.29 is 44.1 Å². The molecule has 0 aromatic carbocycles. The Kier molecular flexibility index (Phi) is 8.85. The van der Waals surface area contributed by atoms with Gasteiger partial charge >= 0.3 is 0 Å². The summed E-state index contributed by atoms with van der Waals surface area (Å²) >= 11 is 0. The van der Waals surface area contributed by atoms with Crippen molar-refractivity contribution in [2.75, 3.05) is 13.7 Å². The second-order valence-electron chi connectivity index (χ2n) is 9.92. The van der Waals surface area contributed by atoms with Gasteiger partial charge in [-0.3, -0.25) is 0 Å². The normalized spacial score (nSPS) is 51.9. The van der Waals surface area contributed by atoms with E-state index in [9.17, 15) is 20.4 Å². The zero-order chi connectivity index (χ0) is 26.3. The molecule has 3 fully saturated rings. The van der Waals surface area contributed by atoms with Gasteiger partial charge < -0.3 is 78.1 Å².